The average molecular weight is 420 g/mol. The van der Waals surface area contributed by atoms with E-state index in [0.29, 0.717) is 10.0 Å². The summed E-state index contributed by atoms with van der Waals surface area (Å²) in [6, 6.07) is 15.7. The molecule has 2 aromatic carbocycles. The quantitative estimate of drug-likeness (QED) is 0.648. The highest BCUT2D eigenvalue weighted by atomic mass is 35.5. The van der Waals surface area contributed by atoms with E-state index >= 15 is 0 Å². The summed E-state index contributed by atoms with van der Waals surface area (Å²) < 4.78 is 0. The molecular formula is C22H27Cl2N3O. The molecule has 0 spiro atoms. The lowest BCUT2D eigenvalue weighted by Crippen LogP contribution is -2.42. The van der Waals surface area contributed by atoms with Crippen molar-refractivity contribution in [3.8, 4) is 0 Å². The first-order valence-corrected chi connectivity index (χ1v) is 10.4. The van der Waals surface area contributed by atoms with Crippen molar-refractivity contribution in [1.29, 1.82) is 0 Å². The zero-order valence-corrected chi connectivity index (χ0v) is 18.0. The standard InChI is InChI=1S/C22H27Cl2N3O/c1-25(18-10-11-19(23)20(24)14-18)16-22(28)26(2)21(15-27-12-6-7-13-27)17-8-4-3-5-9-17/h3-5,8-11,14,21H,6-7,12-13,15-16H2,1-2H3/t21-/m0/s1. The molecule has 0 saturated carbocycles. The molecule has 0 bridgehead atoms. The van der Waals surface area contributed by atoms with Crippen LogP contribution in [0.3, 0.4) is 0 Å². The molecule has 4 nitrogen and oxygen atoms in total. The molecule has 0 N–H and O–H groups in total. The Morgan fingerprint density at radius 1 is 1.04 bits per heavy atom. The first kappa shape index (κ1) is 21.0. The zero-order valence-electron chi connectivity index (χ0n) is 16.4. The first-order chi connectivity index (χ1) is 13.5. The van der Waals surface area contributed by atoms with Gasteiger partial charge in [-0.3, -0.25) is 4.79 Å². The molecule has 150 valence electrons. The van der Waals surface area contributed by atoms with E-state index < -0.39 is 0 Å². The summed E-state index contributed by atoms with van der Waals surface area (Å²) in [7, 11) is 3.79. The maximum absolute atomic E-state index is 13.1. The van der Waals surface area contributed by atoms with Gasteiger partial charge >= 0.3 is 0 Å². The summed E-state index contributed by atoms with van der Waals surface area (Å²) >= 11 is 12.1. The molecule has 1 heterocycles. The van der Waals surface area contributed by atoms with Crippen LogP contribution in [0.15, 0.2) is 48.5 Å². The number of carbonyl (C=O) groups excluding carboxylic acids is 1. The van der Waals surface area contributed by atoms with Crippen LogP contribution < -0.4 is 4.90 Å². The SMILES string of the molecule is CN(CC(=O)N(C)[C@@H](CN1CCCC1)c1ccccc1)c1ccc(Cl)c(Cl)c1. The van der Waals surface area contributed by atoms with E-state index in [4.69, 9.17) is 23.2 Å². The summed E-state index contributed by atoms with van der Waals surface area (Å²) in [5.74, 6) is 0.0709. The molecule has 0 aromatic heterocycles. The predicted molar refractivity (Wildman–Crippen MR) is 117 cm³/mol. The minimum atomic E-state index is 0.0361. The predicted octanol–water partition coefficient (Wildman–Crippen LogP) is 4.73. The molecular weight excluding hydrogens is 393 g/mol. The maximum atomic E-state index is 13.1. The topological polar surface area (TPSA) is 26.8 Å². The van der Waals surface area contributed by atoms with Crippen molar-refractivity contribution in [2.45, 2.75) is 18.9 Å². The van der Waals surface area contributed by atoms with Gasteiger partial charge in [0, 0.05) is 26.3 Å². The number of hydrogen-bond acceptors (Lipinski definition) is 3. The second-order valence-corrected chi connectivity index (χ2v) is 8.21. The number of likely N-dealkylation sites (N-methyl/N-ethyl adjacent to an activating group) is 2. The summed E-state index contributed by atoms with van der Waals surface area (Å²) in [6.07, 6.45) is 2.47. The lowest BCUT2D eigenvalue weighted by atomic mass is 10.0. The van der Waals surface area contributed by atoms with Crippen LogP contribution in [0.4, 0.5) is 5.69 Å². The van der Waals surface area contributed by atoms with Crippen molar-refractivity contribution in [1.82, 2.24) is 9.80 Å². The zero-order chi connectivity index (χ0) is 20.1. The van der Waals surface area contributed by atoms with Gasteiger partial charge in [0.2, 0.25) is 5.91 Å². The summed E-state index contributed by atoms with van der Waals surface area (Å²) in [5, 5.41) is 1.00. The van der Waals surface area contributed by atoms with Gasteiger partial charge < -0.3 is 14.7 Å². The molecule has 0 aliphatic carbocycles. The number of carbonyl (C=O) groups is 1. The van der Waals surface area contributed by atoms with E-state index in [1.165, 1.54) is 18.4 Å². The van der Waals surface area contributed by atoms with E-state index in [2.05, 4.69) is 17.0 Å². The van der Waals surface area contributed by atoms with Gasteiger partial charge in [0.1, 0.15) is 0 Å². The van der Waals surface area contributed by atoms with Crippen molar-refractivity contribution in [2.24, 2.45) is 0 Å². The molecule has 1 atom stereocenters. The molecule has 1 aliphatic heterocycles. The van der Waals surface area contributed by atoms with E-state index in [1.54, 1.807) is 12.1 Å². The van der Waals surface area contributed by atoms with Crippen LogP contribution >= 0.6 is 23.2 Å². The molecule has 1 fully saturated rings. The van der Waals surface area contributed by atoms with Crippen molar-refractivity contribution in [3.63, 3.8) is 0 Å². The number of amides is 1. The lowest BCUT2D eigenvalue weighted by molar-refractivity contribution is -0.131. The Morgan fingerprint density at radius 3 is 2.36 bits per heavy atom. The lowest BCUT2D eigenvalue weighted by Gasteiger charge is -2.33. The van der Waals surface area contributed by atoms with Gasteiger partial charge in [0.25, 0.3) is 0 Å². The molecule has 3 rings (SSSR count). The fourth-order valence-electron chi connectivity index (χ4n) is 3.64. The van der Waals surface area contributed by atoms with Crippen molar-refractivity contribution < 1.29 is 4.79 Å². The Hall–Kier alpha value is -1.75. The minimum Gasteiger partial charge on any atom is -0.365 e. The maximum Gasteiger partial charge on any atom is 0.242 e. The largest absolute Gasteiger partial charge is 0.365 e. The number of likely N-dealkylation sites (tertiary alicyclic amines) is 1. The van der Waals surface area contributed by atoms with E-state index in [-0.39, 0.29) is 18.5 Å². The van der Waals surface area contributed by atoms with Gasteiger partial charge in [-0.2, -0.15) is 0 Å². The van der Waals surface area contributed by atoms with Crippen LogP contribution in [0.2, 0.25) is 10.0 Å². The van der Waals surface area contributed by atoms with Gasteiger partial charge in [0.05, 0.1) is 22.6 Å². The van der Waals surface area contributed by atoms with Gasteiger partial charge in [0.15, 0.2) is 0 Å². The van der Waals surface area contributed by atoms with E-state index in [9.17, 15) is 4.79 Å². The van der Waals surface area contributed by atoms with Gasteiger partial charge in [-0.25, -0.2) is 0 Å². The Bertz CT molecular complexity index is 794. The summed E-state index contributed by atoms with van der Waals surface area (Å²) in [4.78, 5) is 19.3. The Morgan fingerprint density at radius 2 is 1.71 bits per heavy atom. The normalized spacial score (nSPS) is 15.4. The van der Waals surface area contributed by atoms with Gasteiger partial charge in [-0.1, -0.05) is 53.5 Å². The van der Waals surface area contributed by atoms with E-state index in [0.717, 1.165) is 25.3 Å². The average Bonchev–Trinajstić information content (AvgIpc) is 3.21. The first-order valence-electron chi connectivity index (χ1n) is 9.65. The number of nitrogens with zero attached hydrogens (tertiary/aromatic N) is 3. The second kappa shape index (κ2) is 9.64. The van der Waals surface area contributed by atoms with Crippen LogP contribution in [0.5, 0.6) is 0 Å². The molecule has 1 amide bonds. The fourth-order valence-corrected chi connectivity index (χ4v) is 3.93. The third kappa shape index (κ3) is 5.19. The van der Waals surface area contributed by atoms with Crippen molar-refractivity contribution in [2.75, 3.05) is 45.2 Å². The molecule has 6 heteroatoms. The Balaban J connectivity index is 1.72. The van der Waals surface area contributed by atoms with Crippen molar-refractivity contribution >= 4 is 34.8 Å². The second-order valence-electron chi connectivity index (χ2n) is 7.39. The minimum absolute atomic E-state index is 0.0361. The smallest absolute Gasteiger partial charge is 0.242 e. The third-order valence-electron chi connectivity index (χ3n) is 5.39. The molecule has 0 unspecified atom stereocenters. The number of anilines is 1. The molecule has 1 saturated heterocycles. The number of hydrogen-bond donors (Lipinski definition) is 0. The molecule has 2 aromatic rings. The van der Waals surface area contributed by atoms with Crippen LogP contribution in [0.1, 0.15) is 24.4 Å². The number of halogens is 2. The molecule has 28 heavy (non-hydrogen) atoms. The van der Waals surface area contributed by atoms with Crippen LogP contribution in [0, 0.1) is 0 Å². The Kier molecular flexibility index (Phi) is 7.22. The highest BCUT2D eigenvalue weighted by Crippen LogP contribution is 2.27. The van der Waals surface area contributed by atoms with Crippen LogP contribution in [-0.2, 0) is 4.79 Å². The highest BCUT2D eigenvalue weighted by Gasteiger charge is 2.26. The fraction of sp³-hybridized carbons (Fsp3) is 0.409. The number of benzene rings is 2. The van der Waals surface area contributed by atoms with Gasteiger partial charge in [-0.05, 0) is 49.7 Å². The monoisotopic (exact) mass is 419 g/mol. The third-order valence-corrected chi connectivity index (χ3v) is 6.13. The summed E-state index contributed by atoms with van der Waals surface area (Å²) in [5.41, 5.74) is 2.04. The van der Waals surface area contributed by atoms with Crippen LogP contribution in [-0.4, -0.2) is 56.0 Å². The highest BCUT2D eigenvalue weighted by molar-refractivity contribution is 6.42. The summed E-state index contributed by atoms with van der Waals surface area (Å²) in [6.45, 7) is 3.35. The Labute approximate surface area is 177 Å². The molecule has 1 aliphatic rings. The van der Waals surface area contributed by atoms with E-state index in [1.807, 2.05) is 48.2 Å². The molecule has 0 radical (unpaired) electrons. The number of rotatable bonds is 7. The van der Waals surface area contributed by atoms with Crippen molar-refractivity contribution in [3.05, 3.63) is 64.1 Å². The van der Waals surface area contributed by atoms with Crippen LogP contribution in [0.25, 0.3) is 0 Å². The van der Waals surface area contributed by atoms with Gasteiger partial charge in [-0.15, -0.1) is 0 Å².